The van der Waals surface area contributed by atoms with Crippen LogP contribution in [0.5, 0.6) is 0 Å². The maximum atomic E-state index is 12.1. The number of carbonyl (C=O) groups excluding carboxylic acids is 1. The minimum absolute atomic E-state index is 0.0646. The number of aromatic nitrogens is 4. The lowest BCUT2D eigenvalue weighted by Crippen LogP contribution is -2.07. The monoisotopic (exact) mass is 424 g/mol. The second-order valence-corrected chi connectivity index (χ2v) is 7.80. The number of esters is 1. The predicted octanol–water partition coefficient (Wildman–Crippen LogP) is 4.32. The third-order valence-electron chi connectivity index (χ3n) is 4.02. The van der Waals surface area contributed by atoms with Crippen LogP contribution in [0.3, 0.4) is 0 Å². The van der Waals surface area contributed by atoms with E-state index in [2.05, 4.69) is 20.1 Å². The molecular formula is C19H12N4O4S2. The van der Waals surface area contributed by atoms with Crippen molar-refractivity contribution in [3.05, 3.63) is 54.0 Å². The van der Waals surface area contributed by atoms with Crippen LogP contribution in [0.4, 0.5) is 0 Å². The van der Waals surface area contributed by atoms with E-state index in [4.69, 9.17) is 13.7 Å². The molecule has 0 aliphatic heterocycles. The molecule has 0 saturated carbocycles. The molecule has 0 radical (unpaired) electrons. The topological polar surface area (TPSA) is 104 Å². The number of thioether (sulfide) groups is 1. The molecule has 10 heteroatoms. The van der Waals surface area contributed by atoms with Gasteiger partial charge in [0.1, 0.15) is 22.5 Å². The maximum absolute atomic E-state index is 12.1. The number of para-hydroxylation sites is 1. The summed E-state index contributed by atoms with van der Waals surface area (Å²) in [5.41, 5.74) is 2.01. The Labute approximate surface area is 171 Å². The largest absolute Gasteiger partial charge is 0.455 e. The molecule has 0 saturated heterocycles. The number of fused-ring (bicyclic) bond motifs is 3. The molecule has 0 aliphatic rings. The van der Waals surface area contributed by atoms with Gasteiger partial charge >= 0.3 is 5.97 Å². The zero-order chi connectivity index (χ0) is 19.6. The lowest BCUT2D eigenvalue weighted by molar-refractivity contribution is -0.142. The summed E-state index contributed by atoms with van der Waals surface area (Å²) in [4.78, 5) is 25.8. The van der Waals surface area contributed by atoms with Gasteiger partial charge in [0.05, 0.1) is 10.6 Å². The first-order valence-corrected chi connectivity index (χ1v) is 10.4. The number of hydrogen-bond acceptors (Lipinski definition) is 10. The van der Waals surface area contributed by atoms with Gasteiger partial charge in [-0.1, -0.05) is 35.1 Å². The van der Waals surface area contributed by atoms with E-state index in [1.54, 1.807) is 0 Å². The normalized spacial score (nSPS) is 11.3. The lowest BCUT2D eigenvalue weighted by Gasteiger charge is -2.02. The summed E-state index contributed by atoms with van der Waals surface area (Å²) in [6.07, 6.45) is 1.46. The van der Waals surface area contributed by atoms with Gasteiger partial charge in [-0.3, -0.25) is 4.79 Å². The van der Waals surface area contributed by atoms with Crippen molar-refractivity contribution >= 4 is 51.1 Å². The summed E-state index contributed by atoms with van der Waals surface area (Å²) in [7, 11) is 0. The van der Waals surface area contributed by atoms with E-state index < -0.39 is 5.97 Å². The second-order valence-electron chi connectivity index (χ2n) is 5.89. The maximum Gasteiger partial charge on any atom is 0.316 e. The number of furan rings is 1. The van der Waals surface area contributed by atoms with E-state index >= 15 is 0 Å². The summed E-state index contributed by atoms with van der Waals surface area (Å²) >= 11 is 2.73. The Morgan fingerprint density at radius 3 is 3.00 bits per heavy atom. The Kier molecular flexibility index (Phi) is 4.70. The number of benzene rings is 1. The first-order valence-electron chi connectivity index (χ1n) is 8.55. The Morgan fingerprint density at radius 1 is 1.17 bits per heavy atom. The van der Waals surface area contributed by atoms with E-state index in [0.717, 1.165) is 21.4 Å². The van der Waals surface area contributed by atoms with Gasteiger partial charge < -0.3 is 13.7 Å². The van der Waals surface area contributed by atoms with Crippen molar-refractivity contribution in [3.63, 3.8) is 0 Å². The predicted molar refractivity (Wildman–Crippen MR) is 107 cm³/mol. The van der Waals surface area contributed by atoms with E-state index in [-0.39, 0.29) is 18.3 Å². The molecule has 4 heterocycles. The van der Waals surface area contributed by atoms with Gasteiger partial charge in [0.2, 0.25) is 5.82 Å². The molecule has 4 aromatic heterocycles. The lowest BCUT2D eigenvalue weighted by atomic mass is 10.2. The van der Waals surface area contributed by atoms with Gasteiger partial charge in [-0.25, -0.2) is 9.97 Å². The van der Waals surface area contributed by atoms with Crippen molar-refractivity contribution in [1.82, 2.24) is 20.1 Å². The number of hydrogen-bond donors (Lipinski definition) is 0. The van der Waals surface area contributed by atoms with Gasteiger partial charge in [-0.2, -0.15) is 4.98 Å². The third-order valence-corrected chi connectivity index (χ3v) is 5.83. The molecule has 0 bridgehead atoms. The summed E-state index contributed by atoms with van der Waals surface area (Å²) in [6.45, 7) is -0.0818. The van der Waals surface area contributed by atoms with Crippen LogP contribution < -0.4 is 0 Å². The minimum atomic E-state index is -0.422. The molecule has 0 amide bonds. The van der Waals surface area contributed by atoms with Crippen LogP contribution in [-0.2, 0) is 16.1 Å². The van der Waals surface area contributed by atoms with Crippen LogP contribution >= 0.6 is 23.1 Å². The fourth-order valence-electron chi connectivity index (χ4n) is 2.74. The molecule has 8 nitrogen and oxygen atoms in total. The Morgan fingerprint density at radius 2 is 2.10 bits per heavy atom. The average Bonchev–Trinajstić information content (AvgIpc) is 3.50. The Balaban J connectivity index is 1.23. The molecule has 1 aromatic carbocycles. The highest BCUT2D eigenvalue weighted by Crippen LogP contribution is 2.32. The van der Waals surface area contributed by atoms with Gasteiger partial charge in [-0.05, 0) is 23.6 Å². The quantitative estimate of drug-likeness (QED) is 0.224. The van der Waals surface area contributed by atoms with E-state index in [9.17, 15) is 4.79 Å². The summed E-state index contributed by atoms with van der Waals surface area (Å²) in [5.74, 6) is 0.366. The number of ether oxygens (including phenoxy) is 1. The highest BCUT2D eigenvalue weighted by molar-refractivity contribution is 8.00. The minimum Gasteiger partial charge on any atom is -0.455 e. The zero-order valence-corrected chi connectivity index (χ0v) is 16.4. The van der Waals surface area contributed by atoms with Crippen molar-refractivity contribution in [2.45, 2.75) is 11.6 Å². The van der Waals surface area contributed by atoms with Crippen molar-refractivity contribution in [2.24, 2.45) is 0 Å². The van der Waals surface area contributed by atoms with Crippen LogP contribution in [0.2, 0.25) is 0 Å². The Hall–Kier alpha value is -3.24. The van der Waals surface area contributed by atoms with Gasteiger partial charge in [-0.15, -0.1) is 11.3 Å². The molecule has 0 fully saturated rings. The SMILES string of the molecule is O=C(CSc1ncnc2c1oc1ccccc12)OCc1nc(-c2cccs2)no1. The van der Waals surface area contributed by atoms with Crippen LogP contribution in [0.25, 0.3) is 32.8 Å². The molecule has 0 aliphatic carbocycles. The summed E-state index contributed by atoms with van der Waals surface area (Å²) < 4.78 is 16.2. The number of rotatable bonds is 6. The van der Waals surface area contributed by atoms with Crippen LogP contribution in [-0.4, -0.2) is 31.8 Å². The zero-order valence-electron chi connectivity index (χ0n) is 14.8. The molecule has 29 heavy (non-hydrogen) atoms. The Bertz CT molecular complexity index is 1300. The average molecular weight is 424 g/mol. The highest BCUT2D eigenvalue weighted by atomic mass is 32.2. The fourth-order valence-corrected chi connectivity index (χ4v) is 4.11. The first kappa shape index (κ1) is 17.8. The van der Waals surface area contributed by atoms with Gasteiger partial charge in [0.25, 0.3) is 5.89 Å². The van der Waals surface area contributed by atoms with E-state index in [1.165, 1.54) is 29.4 Å². The van der Waals surface area contributed by atoms with Crippen LogP contribution in [0, 0.1) is 0 Å². The van der Waals surface area contributed by atoms with Crippen molar-refractivity contribution in [3.8, 4) is 10.7 Å². The van der Waals surface area contributed by atoms with E-state index in [0.29, 0.717) is 16.4 Å². The molecule has 5 aromatic rings. The number of thiophene rings is 1. The molecule has 0 spiro atoms. The molecule has 0 unspecified atom stereocenters. The molecule has 5 rings (SSSR count). The molecule has 0 atom stereocenters. The standard InChI is InChI=1S/C19H12N4O4S2/c24-15(25-8-14-22-18(23-27-14)13-6-3-7-28-13)9-29-19-17-16(20-10-21-19)11-4-1-2-5-12(11)26-17/h1-7,10H,8-9H2. The van der Waals surface area contributed by atoms with Gasteiger partial charge in [0.15, 0.2) is 12.2 Å². The third kappa shape index (κ3) is 3.59. The fraction of sp³-hybridized carbons (Fsp3) is 0.105. The number of nitrogens with zero attached hydrogens (tertiary/aromatic N) is 4. The van der Waals surface area contributed by atoms with Gasteiger partial charge in [0, 0.05) is 5.39 Å². The van der Waals surface area contributed by atoms with Crippen LogP contribution in [0.15, 0.2) is 62.1 Å². The van der Waals surface area contributed by atoms with E-state index in [1.807, 2.05) is 41.8 Å². The number of carbonyl (C=O) groups is 1. The molecule has 0 N–H and O–H groups in total. The second kappa shape index (κ2) is 7.64. The van der Waals surface area contributed by atoms with Crippen molar-refractivity contribution in [1.29, 1.82) is 0 Å². The van der Waals surface area contributed by atoms with Crippen molar-refractivity contribution in [2.75, 3.05) is 5.75 Å². The smallest absolute Gasteiger partial charge is 0.316 e. The highest BCUT2D eigenvalue weighted by Gasteiger charge is 2.16. The summed E-state index contributed by atoms with van der Waals surface area (Å²) in [6, 6.07) is 11.4. The van der Waals surface area contributed by atoms with Crippen LogP contribution in [0.1, 0.15) is 5.89 Å². The molecule has 144 valence electrons. The molecular weight excluding hydrogens is 412 g/mol. The van der Waals surface area contributed by atoms with Crippen molar-refractivity contribution < 1.29 is 18.5 Å². The first-order chi connectivity index (χ1) is 14.3. The summed E-state index contributed by atoms with van der Waals surface area (Å²) in [5, 5.41) is 7.30.